The number of hydrogen-bond donors (Lipinski definition) is 1. The van der Waals surface area contributed by atoms with Gasteiger partial charge in [0.25, 0.3) is 0 Å². The van der Waals surface area contributed by atoms with Crippen LogP contribution in [0.25, 0.3) is 0 Å². The van der Waals surface area contributed by atoms with Crippen molar-refractivity contribution in [3.8, 4) is 5.75 Å². The summed E-state index contributed by atoms with van der Waals surface area (Å²) in [4.78, 5) is 31.2. The zero-order chi connectivity index (χ0) is 22.8. The molecule has 32 heavy (non-hydrogen) atoms. The molecular formula is C24H34FN3O4. The van der Waals surface area contributed by atoms with Gasteiger partial charge in [0.2, 0.25) is 11.8 Å². The SMILES string of the molecule is CC(C)Oc1ccc(F)cc1N1CCN(CCCN2C(=O)C3CCC(O)CC3C2=O)CC1. The minimum Gasteiger partial charge on any atom is -0.489 e. The Bertz CT molecular complexity index is 841. The van der Waals surface area contributed by atoms with Gasteiger partial charge in [0.05, 0.1) is 29.7 Å². The van der Waals surface area contributed by atoms with Gasteiger partial charge in [0.15, 0.2) is 0 Å². The van der Waals surface area contributed by atoms with Gasteiger partial charge in [0.1, 0.15) is 11.6 Å². The van der Waals surface area contributed by atoms with E-state index in [4.69, 9.17) is 4.74 Å². The molecule has 0 bridgehead atoms. The Morgan fingerprint density at radius 2 is 1.78 bits per heavy atom. The predicted molar refractivity (Wildman–Crippen MR) is 119 cm³/mol. The summed E-state index contributed by atoms with van der Waals surface area (Å²) in [6.45, 7) is 8.35. The van der Waals surface area contributed by atoms with Crippen molar-refractivity contribution in [3.63, 3.8) is 0 Å². The summed E-state index contributed by atoms with van der Waals surface area (Å²) in [5.74, 6) is -0.293. The molecule has 3 fully saturated rings. The molecule has 3 aliphatic rings. The van der Waals surface area contributed by atoms with E-state index in [1.807, 2.05) is 13.8 Å². The first-order chi connectivity index (χ1) is 15.3. The number of hydrogen-bond acceptors (Lipinski definition) is 6. The third-order valence-corrected chi connectivity index (χ3v) is 6.84. The summed E-state index contributed by atoms with van der Waals surface area (Å²) in [5, 5.41) is 9.85. The number of aliphatic hydroxyl groups excluding tert-OH is 1. The number of benzene rings is 1. The van der Waals surface area contributed by atoms with Gasteiger partial charge in [-0.2, -0.15) is 0 Å². The lowest BCUT2D eigenvalue weighted by Gasteiger charge is -2.37. The molecule has 1 aliphatic carbocycles. The van der Waals surface area contributed by atoms with Crippen LogP contribution in [0.5, 0.6) is 5.75 Å². The van der Waals surface area contributed by atoms with E-state index in [-0.39, 0.29) is 35.6 Å². The van der Waals surface area contributed by atoms with Gasteiger partial charge < -0.3 is 14.7 Å². The molecule has 3 unspecified atom stereocenters. The fourth-order valence-electron chi connectivity index (χ4n) is 5.20. The van der Waals surface area contributed by atoms with E-state index < -0.39 is 6.10 Å². The van der Waals surface area contributed by atoms with Crippen molar-refractivity contribution in [3.05, 3.63) is 24.0 Å². The van der Waals surface area contributed by atoms with E-state index in [9.17, 15) is 19.1 Å². The molecule has 176 valence electrons. The number of halogens is 1. The Hall–Kier alpha value is -2.19. The quantitative estimate of drug-likeness (QED) is 0.647. The lowest BCUT2D eigenvalue weighted by Crippen LogP contribution is -2.47. The molecule has 2 saturated heterocycles. The van der Waals surface area contributed by atoms with Crippen molar-refractivity contribution in [2.75, 3.05) is 44.2 Å². The molecular weight excluding hydrogens is 413 g/mol. The van der Waals surface area contributed by atoms with E-state index in [0.717, 1.165) is 44.8 Å². The van der Waals surface area contributed by atoms with Crippen molar-refractivity contribution in [1.82, 2.24) is 9.80 Å². The Balaban J connectivity index is 1.26. The number of piperazine rings is 1. The van der Waals surface area contributed by atoms with Crippen molar-refractivity contribution in [2.24, 2.45) is 11.8 Å². The number of likely N-dealkylation sites (tertiary alicyclic amines) is 1. The minimum atomic E-state index is -0.464. The number of aliphatic hydroxyl groups is 1. The summed E-state index contributed by atoms with van der Waals surface area (Å²) < 4.78 is 19.7. The Labute approximate surface area is 189 Å². The molecule has 0 aromatic heterocycles. The lowest BCUT2D eigenvalue weighted by atomic mass is 9.80. The molecule has 0 radical (unpaired) electrons. The number of nitrogens with zero attached hydrogens (tertiary/aromatic N) is 3. The summed E-state index contributed by atoms with van der Waals surface area (Å²) in [7, 11) is 0. The van der Waals surface area contributed by atoms with Gasteiger partial charge in [-0.25, -0.2) is 4.39 Å². The second kappa shape index (κ2) is 9.75. The molecule has 4 rings (SSSR count). The van der Waals surface area contributed by atoms with Crippen LogP contribution in [0.2, 0.25) is 0 Å². The molecule has 1 aromatic rings. The van der Waals surface area contributed by atoms with Crippen LogP contribution in [0, 0.1) is 17.7 Å². The number of ether oxygens (including phenoxy) is 1. The number of carbonyl (C=O) groups excluding carboxylic acids is 2. The molecule has 1 N–H and O–H groups in total. The second-order valence-corrected chi connectivity index (χ2v) is 9.47. The zero-order valence-electron chi connectivity index (χ0n) is 19.0. The molecule has 2 aliphatic heterocycles. The maximum Gasteiger partial charge on any atom is 0.233 e. The van der Waals surface area contributed by atoms with E-state index in [2.05, 4.69) is 9.80 Å². The third-order valence-electron chi connectivity index (χ3n) is 6.84. The van der Waals surface area contributed by atoms with Gasteiger partial charge in [-0.3, -0.25) is 19.4 Å². The summed E-state index contributed by atoms with van der Waals surface area (Å²) in [6, 6.07) is 4.65. The average molecular weight is 448 g/mol. The van der Waals surface area contributed by atoms with Crippen LogP contribution in [0.1, 0.15) is 39.5 Å². The first kappa shape index (κ1) is 23.0. The molecule has 2 amide bonds. The highest BCUT2D eigenvalue weighted by atomic mass is 19.1. The van der Waals surface area contributed by atoms with Crippen LogP contribution in [-0.2, 0) is 9.59 Å². The van der Waals surface area contributed by atoms with Crippen LogP contribution in [0.15, 0.2) is 18.2 Å². The Morgan fingerprint density at radius 3 is 2.50 bits per heavy atom. The number of carbonyl (C=O) groups is 2. The van der Waals surface area contributed by atoms with E-state index in [1.54, 1.807) is 6.07 Å². The normalized spacial score (nSPS) is 26.7. The van der Waals surface area contributed by atoms with Crippen molar-refractivity contribution in [2.45, 2.75) is 51.7 Å². The van der Waals surface area contributed by atoms with Gasteiger partial charge in [-0.15, -0.1) is 0 Å². The maximum atomic E-state index is 13.9. The Morgan fingerprint density at radius 1 is 1.06 bits per heavy atom. The number of rotatable bonds is 7. The van der Waals surface area contributed by atoms with Crippen LogP contribution < -0.4 is 9.64 Å². The smallest absolute Gasteiger partial charge is 0.233 e. The number of anilines is 1. The molecule has 8 heteroatoms. The predicted octanol–water partition coefficient (Wildman–Crippen LogP) is 2.27. The molecule has 2 heterocycles. The standard InChI is InChI=1S/C24H34FN3O4/c1-16(2)32-22-7-4-17(25)14-21(22)27-12-10-26(11-13-27)8-3-9-28-23(30)19-6-5-18(29)15-20(19)24(28)31/h4,7,14,16,18-20,29H,3,5-6,8-13,15H2,1-2H3. The molecule has 3 atom stereocenters. The molecule has 7 nitrogen and oxygen atoms in total. The van der Waals surface area contributed by atoms with E-state index in [0.29, 0.717) is 31.6 Å². The van der Waals surface area contributed by atoms with Gasteiger partial charge in [-0.05, 0) is 58.2 Å². The zero-order valence-corrected chi connectivity index (χ0v) is 19.0. The van der Waals surface area contributed by atoms with Gasteiger partial charge in [-0.1, -0.05) is 0 Å². The maximum absolute atomic E-state index is 13.9. The van der Waals surface area contributed by atoms with E-state index in [1.165, 1.54) is 17.0 Å². The van der Waals surface area contributed by atoms with E-state index >= 15 is 0 Å². The first-order valence-electron chi connectivity index (χ1n) is 11.8. The Kier molecular flexibility index (Phi) is 7.00. The van der Waals surface area contributed by atoms with Crippen LogP contribution >= 0.6 is 0 Å². The van der Waals surface area contributed by atoms with Crippen molar-refractivity contribution in [1.29, 1.82) is 0 Å². The van der Waals surface area contributed by atoms with Crippen LogP contribution in [0.3, 0.4) is 0 Å². The topological polar surface area (TPSA) is 73.3 Å². The monoisotopic (exact) mass is 447 g/mol. The average Bonchev–Trinajstić information content (AvgIpc) is 2.99. The second-order valence-electron chi connectivity index (χ2n) is 9.47. The summed E-state index contributed by atoms with van der Waals surface area (Å²) >= 11 is 0. The van der Waals surface area contributed by atoms with Crippen molar-refractivity contribution >= 4 is 17.5 Å². The number of imide groups is 1. The third kappa shape index (κ3) is 4.91. The number of amides is 2. The highest BCUT2D eigenvalue weighted by Gasteiger charge is 2.49. The van der Waals surface area contributed by atoms with Crippen molar-refractivity contribution < 1.29 is 23.8 Å². The van der Waals surface area contributed by atoms with Gasteiger partial charge in [0, 0.05) is 38.8 Å². The van der Waals surface area contributed by atoms with Crippen LogP contribution in [0.4, 0.5) is 10.1 Å². The summed E-state index contributed by atoms with van der Waals surface area (Å²) in [5.41, 5.74) is 0.788. The summed E-state index contributed by atoms with van der Waals surface area (Å²) in [6.07, 6.45) is 1.92. The number of fused-ring (bicyclic) bond motifs is 1. The molecule has 1 saturated carbocycles. The lowest BCUT2D eigenvalue weighted by molar-refractivity contribution is -0.140. The highest BCUT2D eigenvalue weighted by Crippen LogP contribution is 2.38. The van der Waals surface area contributed by atoms with Crippen LogP contribution in [-0.4, -0.2) is 78.2 Å². The minimum absolute atomic E-state index is 0.0172. The first-order valence-corrected chi connectivity index (χ1v) is 11.8. The molecule has 1 aromatic carbocycles. The molecule has 0 spiro atoms. The highest BCUT2D eigenvalue weighted by molar-refractivity contribution is 6.05. The largest absolute Gasteiger partial charge is 0.489 e. The fourth-order valence-corrected chi connectivity index (χ4v) is 5.20. The van der Waals surface area contributed by atoms with Gasteiger partial charge >= 0.3 is 0 Å². The fraction of sp³-hybridized carbons (Fsp3) is 0.667.